The van der Waals surface area contributed by atoms with E-state index in [0.29, 0.717) is 18.3 Å². The maximum atomic E-state index is 11.5. The van der Waals surface area contributed by atoms with Gasteiger partial charge in [0, 0.05) is 13.1 Å². The molecule has 25 heavy (non-hydrogen) atoms. The van der Waals surface area contributed by atoms with Crippen LogP contribution in [0.4, 0.5) is 0 Å². The number of furan rings is 1. The third-order valence-electron chi connectivity index (χ3n) is 4.94. The zero-order valence-electron chi connectivity index (χ0n) is 15.1. The fourth-order valence-corrected chi connectivity index (χ4v) is 3.83. The molecule has 1 aliphatic carbocycles. The minimum Gasteiger partial charge on any atom is -0.463 e. The number of rotatable bonds is 6. The van der Waals surface area contributed by atoms with Gasteiger partial charge in [0.1, 0.15) is 11.5 Å². The van der Waals surface area contributed by atoms with Crippen molar-refractivity contribution in [3.05, 3.63) is 59.0 Å². The van der Waals surface area contributed by atoms with E-state index in [4.69, 9.17) is 4.42 Å². The summed E-state index contributed by atoms with van der Waals surface area (Å²) in [5.74, 6) is 1.53. The molecule has 0 spiro atoms. The monoisotopic (exact) mass is 362 g/mol. The molecule has 0 aliphatic heterocycles. The van der Waals surface area contributed by atoms with Crippen LogP contribution in [0.5, 0.6) is 0 Å². The number of hydrogen-bond donors (Lipinski definition) is 0. The second kappa shape index (κ2) is 7.32. The predicted molar refractivity (Wildman–Crippen MR) is 98.6 cm³/mol. The molecule has 0 radical (unpaired) electrons. The molecule has 3 rings (SSSR count). The van der Waals surface area contributed by atoms with E-state index >= 15 is 0 Å². The summed E-state index contributed by atoms with van der Waals surface area (Å²) in [6, 6.07) is 12.9. The summed E-state index contributed by atoms with van der Waals surface area (Å²) in [4.78, 5) is 2.32. The Morgan fingerprint density at radius 3 is 2.48 bits per heavy atom. The van der Waals surface area contributed by atoms with Crippen LogP contribution >= 0.6 is 0 Å². The van der Waals surface area contributed by atoms with Gasteiger partial charge in [0.25, 0.3) is 0 Å². The van der Waals surface area contributed by atoms with E-state index < -0.39 is 10.0 Å². The van der Waals surface area contributed by atoms with E-state index in [0.717, 1.165) is 18.6 Å². The summed E-state index contributed by atoms with van der Waals surface area (Å²) in [5, 5.41) is 0. The zero-order chi connectivity index (χ0) is 18.0. The number of nitrogens with zero attached hydrogens (tertiary/aromatic N) is 2. The van der Waals surface area contributed by atoms with Gasteiger partial charge in [0.05, 0.1) is 19.3 Å². The van der Waals surface area contributed by atoms with Crippen molar-refractivity contribution in [2.45, 2.75) is 38.4 Å². The summed E-state index contributed by atoms with van der Waals surface area (Å²) in [6.07, 6.45) is 4.71. The van der Waals surface area contributed by atoms with Gasteiger partial charge < -0.3 is 4.42 Å². The van der Waals surface area contributed by atoms with Gasteiger partial charge >= 0.3 is 0 Å². The molecule has 2 aromatic rings. The van der Waals surface area contributed by atoms with Gasteiger partial charge in [-0.15, -0.1) is 0 Å². The molecular formula is C19H26N2O3S. The fourth-order valence-electron chi connectivity index (χ4n) is 3.47. The maximum absolute atomic E-state index is 11.5. The third-order valence-corrected chi connectivity index (χ3v) is 6.20. The summed E-state index contributed by atoms with van der Waals surface area (Å²) in [5.41, 5.74) is 2.86. The number of aryl methyl sites for hydroxylation is 1. The van der Waals surface area contributed by atoms with Crippen molar-refractivity contribution in [2.75, 3.05) is 20.4 Å². The van der Waals surface area contributed by atoms with Crippen molar-refractivity contribution in [3.8, 4) is 0 Å². The lowest BCUT2D eigenvalue weighted by Crippen LogP contribution is -2.27. The van der Waals surface area contributed by atoms with Crippen LogP contribution in [0.3, 0.4) is 0 Å². The molecule has 0 unspecified atom stereocenters. The van der Waals surface area contributed by atoms with E-state index in [2.05, 4.69) is 36.2 Å². The second-order valence-corrected chi connectivity index (χ2v) is 9.00. The highest BCUT2D eigenvalue weighted by Crippen LogP contribution is 2.34. The SMILES string of the molecule is CN(Cc1ccc(CN(C)S(C)(=O)=O)o1)[C@@H]1CCCc2ccccc21. The van der Waals surface area contributed by atoms with Gasteiger partial charge in [-0.3, -0.25) is 4.90 Å². The first kappa shape index (κ1) is 18.2. The Bertz CT molecular complexity index is 829. The molecular weight excluding hydrogens is 336 g/mol. The first-order chi connectivity index (χ1) is 11.8. The number of fused-ring (bicyclic) bond motifs is 1. The van der Waals surface area contributed by atoms with Crippen molar-refractivity contribution < 1.29 is 12.8 Å². The van der Waals surface area contributed by atoms with Gasteiger partial charge in [0.2, 0.25) is 10.0 Å². The summed E-state index contributed by atoms with van der Waals surface area (Å²) in [7, 11) is 0.478. The largest absolute Gasteiger partial charge is 0.463 e. The molecule has 0 amide bonds. The Labute approximate surface area is 150 Å². The zero-order valence-corrected chi connectivity index (χ0v) is 15.9. The highest BCUT2D eigenvalue weighted by atomic mass is 32.2. The van der Waals surface area contributed by atoms with Gasteiger partial charge in [-0.25, -0.2) is 8.42 Å². The summed E-state index contributed by atoms with van der Waals surface area (Å²) in [6.45, 7) is 0.969. The van der Waals surface area contributed by atoms with Crippen LogP contribution < -0.4 is 0 Å². The number of sulfonamides is 1. The fraction of sp³-hybridized carbons (Fsp3) is 0.474. The van der Waals surface area contributed by atoms with E-state index in [9.17, 15) is 8.42 Å². The molecule has 1 heterocycles. The molecule has 1 aromatic carbocycles. The van der Waals surface area contributed by atoms with Crippen molar-refractivity contribution in [3.63, 3.8) is 0 Å². The lowest BCUT2D eigenvalue weighted by Gasteiger charge is -2.32. The molecule has 1 aliphatic rings. The quantitative estimate of drug-likeness (QED) is 0.792. The van der Waals surface area contributed by atoms with Gasteiger partial charge in [-0.1, -0.05) is 24.3 Å². The molecule has 0 N–H and O–H groups in total. The summed E-state index contributed by atoms with van der Waals surface area (Å²) >= 11 is 0. The Morgan fingerprint density at radius 1 is 1.08 bits per heavy atom. The molecule has 1 atom stereocenters. The summed E-state index contributed by atoms with van der Waals surface area (Å²) < 4.78 is 30.2. The van der Waals surface area contributed by atoms with Crippen LogP contribution in [-0.2, 0) is 29.5 Å². The van der Waals surface area contributed by atoms with E-state index in [1.807, 2.05) is 12.1 Å². The molecule has 0 saturated carbocycles. The molecule has 1 aromatic heterocycles. The predicted octanol–water partition coefficient (Wildman–Crippen LogP) is 3.18. The van der Waals surface area contributed by atoms with Crippen LogP contribution in [0, 0.1) is 0 Å². The van der Waals surface area contributed by atoms with Crippen LogP contribution in [0.25, 0.3) is 0 Å². The average molecular weight is 362 g/mol. The second-order valence-electron chi connectivity index (χ2n) is 6.91. The van der Waals surface area contributed by atoms with Crippen molar-refractivity contribution in [1.82, 2.24) is 9.21 Å². The Hall–Kier alpha value is -1.63. The lowest BCUT2D eigenvalue weighted by molar-refractivity contribution is 0.196. The first-order valence-electron chi connectivity index (χ1n) is 8.61. The van der Waals surface area contributed by atoms with Gasteiger partial charge in [0.15, 0.2) is 0 Å². The Kier molecular flexibility index (Phi) is 5.32. The maximum Gasteiger partial charge on any atom is 0.211 e. The third kappa shape index (κ3) is 4.32. The molecule has 0 fully saturated rings. The van der Waals surface area contributed by atoms with E-state index in [-0.39, 0.29) is 6.54 Å². The topological polar surface area (TPSA) is 53.8 Å². The molecule has 0 bridgehead atoms. The van der Waals surface area contributed by atoms with Gasteiger partial charge in [-0.05, 0) is 49.6 Å². The number of benzene rings is 1. The van der Waals surface area contributed by atoms with Crippen LogP contribution in [0.15, 0.2) is 40.8 Å². The molecule has 136 valence electrons. The van der Waals surface area contributed by atoms with Crippen molar-refractivity contribution in [1.29, 1.82) is 0 Å². The highest BCUT2D eigenvalue weighted by molar-refractivity contribution is 7.88. The minimum atomic E-state index is -3.20. The lowest BCUT2D eigenvalue weighted by atomic mass is 9.87. The number of hydrogen-bond acceptors (Lipinski definition) is 4. The van der Waals surface area contributed by atoms with E-state index in [1.165, 1.54) is 28.1 Å². The van der Waals surface area contributed by atoms with Crippen molar-refractivity contribution in [2.24, 2.45) is 0 Å². The molecule has 0 saturated heterocycles. The molecule has 5 nitrogen and oxygen atoms in total. The molecule has 6 heteroatoms. The van der Waals surface area contributed by atoms with Crippen LogP contribution in [-0.4, -0.2) is 38.0 Å². The standard InChI is InChI=1S/C19H26N2O3S/c1-20(19-10-6-8-15-7-4-5-9-18(15)19)13-16-11-12-17(24-16)14-21(2)25(3,22)23/h4-5,7,9,11-12,19H,6,8,10,13-14H2,1-3H3/t19-/m1/s1. The first-order valence-corrected chi connectivity index (χ1v) is 10.5. The Morgan fingerprint density at radius 2 is 1.76 bits per heavy atom. The van der Waals surface area contributed by atoms with Crippen LogP contribution in [0.1, 0.15) is 41.5 Å². The smallest absolute Gasteiger partial charge is 0.211 e. The van der Waals surface area contributed by atoms with Gasteiger partial charge in [-0.2, -0.15) is 4.31 Å². The average Bonchev–Trinajstić information content (AvgIpc) is 3.00. The van der Waals surface area contributed by atoms with Crippen LogP contribution in [0.2, 0.25) is 0 Å². The Balaban J connectivity index is 1.67. The van der Waals surface area contributed by atoms with E-state index in [1.54, 1.807) is 7.05 Å². The normalized spacial score (nSPS) is 17.9. The minimum absolute atomic E-state index is 0.259. The highest BCUT2D eigenvalue weighted by Gasteiger charge is 2.24. The van der Waals surface area contributed by atoms with Crippen molar-refractivity contribution >= 4 is 10.0 Å².